The highest BCUT2D eigenvalue weighted by Crippen LogP contribution is 2.27. The Morgan fingerprint density at radius 1 is 1.41 bits per heavy atom. The van der Waals surface area contributed by atoms with Gasteiger partial charge in [-0.3, -0.25) is 9.59 Å². The zero-order chi connectivity index (χ0) is 12.3. The largest absolute Gasteiger partial charge is 0.350 e. The Kier molecular flexibility index (Phi) is 3.99. The SMILES string of the molecule is NCC(NC(=O)[C@@H]1CCC(=O)N1)C1CCCC1. The molecule has 2 rings (SSSR count). The first-order valence-corrected chi connectivity index (χ1v) is 6.50. The molecule has 0 aromatic heterocycles. The molecule has 2 aliphatic rings. The maximum atomic E-state index is 11.9. The summed E-state index contributed by atoms with van der Waals surface area (Å²) in [7, 11) is 0. The van der Waals surface area contributed by atoms with Crippen LogP contribution in [0, 0.1) is 5.92 Å². The molecule has 1 aliphatic carbocycles. The zero-order valence-corrected chi connectivity index (χ0v) is 10.1. The molecule has 1 unspecified atom stereocenters. The van der Waals surface area contributed by atoms with Gasteiger partial charge in [-0.1, -0.05) is 12.8 Å². The predicted molar refractivity (Wildman–Crippen MR) is 64.1 cm³/mol. The second kappa shape index (κ2) is 5.49. The molecule has 5 heteroatoms. The van der Waals surface area contributed by atoms with Gasteiger partial charge in [0.2, 0.25) is 11.8 Å². The van der Waals surface area contributed by atoms with E-state index in [0.717, 1.165) is 12.8 Å². The molecule has 1 saturated carbocycles. The number of nitrogens with one attached hydrogen (secondary N) is 2. The van der Waals surface area contributed by atoms with Gasteiger partial charge in [-0.2, -0.15) is 0 Å². The molecule has 17 heavy (non-hydrogen) atoms. The molecule has 2 amide bonds. The molecular weight excluding hydrogens is 218 g/mol. The highest BCUT2D eigenvalue weighted by Gasteiger charge is 2.31. The van der Waals surface area contributed by atoms with Gasteiger partial charge in [-0.05, 0) is 25.2 Å². The average molecular weight is 239 g/mol. The van der Waals surface area contributed by atoms with E-state index in [-0.39, 0.29) is 23.9 Å². The third-order valence-electron chi connectivity index (χ3n) is 3.86. The fourth-order valence-corrected chi connectivity index (χ4v) is 2.82. The minimum Gasteiger partial charge on any atom is -0.350 e. The van der Waals surface area contributed by atoms with Crippen molar-refractivity contribution in [1.82, 2.24) is 10.6 Å². The number of hydrogen-bond donors (Lipinski definition) is 3. The molecule has 5 nitrogen and oxygen atoms in total. The number of rotatable bonds is 4. The Hall–Kier alpha value is -1.10. The quantitative estimate of drug-likeness (QED) is 0.640. The minimum absolute atomic E-state index is 0.0321. The summed E-state index contributed by atoms with van der Waals surface area (Å²) in [6, 6.07) is -0.277. The molecule has 0 bridgehead atoms. The van der Waals surface area contributed by atoms with E-state index >= 15 is 0 Å². The smallest absolute Gasteiger partial charge is 0.242 e. The van der Waals surface area contributed by atoms with Gasteiger partial charge in [0.25, 0.3) is 0 Å². The normalized spacial score (nSPS) is 26.9. The van der Waals surface area contributed by atoms with Crippen LogP contribution in [0.15, 0.2) is 0 Å². The Morgan fingerprint density at radius 3 is 2.65 bits per heavy atom. The van der Waals surface area contributed by atoms with Crippen LogP contribution in [0.3, 0.4) is 0 Å². The van der Waals surface area contributed by atoms with E-state index in [0.29, 0.717) is 25.3 Å². The first-order valence-electron chi connectivity index (χ1n) is 6.50. The monoisotopic (exact) mass is 239 g/mol. The highest BCUT2D eigenvalue weighted by atomic mass is 16.2. The van der Waals surface area contributed by atoms with E-state index < -0.39 is 0 Å². The molecule has 4 N–H and O–H groups in total. The van der Waals surface area contributed by atoms with Gasteiger partial charge in [0, 0.05) is 19.0 Å². The number of carbonyl (C=O) groups is 2. The molecule has 1 aliphatic heterocycles. The number of hydrogen-bond acceptors (Lipinski definition) is 3. The van der Waals surface area contributed by atoms with Crippen LogP contribution in [0.2, 0.25) is 0 Å². The van der Waals surface area contributed by atoms with Crippen LogP contribution < -0.4 is 16.4 Å². The summed E-state index contributed by atoms with van der Waals surface area (Å²) in [6.07, 6.45) is 5.83. The third kappa shape index (κ3) is 2.97. The van der Waals surface area contributed by atoms with Crippen molar-refractivity contribution in [3.63, 3.8) is 0 Å². The summed E-state index contributed by atoms with van der Waals surface area (Å²) in [4.78, 5) is 23.0. The second-order valence-electron chi connectivity index (χ2n) is 5.05. The van der Waals surface area contributed by atoms with Gasteiger partial charge in [0.1, 0.15) is 6.04 Å². The van der Waals surface area contributed by atoms with Crippen molar-refractivity contribution in [2.45, 2.75) is 50.6 Å². The van der Waals surface area contributed by atoms with E-state index in [2.05, 4.69) is 10.6 Å². The summed E-state index contributed by atoms with van der Waals surface area (Å²) >= 11 is 0. The van der Waals surface area contributed by atoms with Crippen LogP contribution in [0.5, 0.6) is 0 Å². The highest BCUT2D eigenvalue weighted by molar-refractivity contribution is 5.90. The van der Waals surface area contributed by atoms with Gasteiger partial charge >= 0.3 is 0 Å². The van der Waals surface area contributed by atoms with Gasteiger partial charge in [-0.25, -0.2) is 0 Å². The van der Waals surface area contributed by atoms with E-state index in [1.165, 1.54) is 12.8 Å². The maximum absolute atomic E-state index is 11.9. The van der Waals surface area contributed by atoms with Gasteiger partial charge in [0.05, 0.1) is 0 Å². The first kappa shape index (κ1) is 12.4. The molecule has 0 aromatic carbocycles. The Bertz CT molecular complexity index is 300. The van der Waals surface area contributed by atoms with Crippen LogP contribution >= 0.6 is 0 Å². The zero-order valence-electron chi connectivity index (χ0n) is 10.1. The first-order chi connectivity index (χ1) is 8.20. The fraction of sp³-hybridized carbons (Fsp3) is 0.833. The van der Waals surface area contributed by atoms with Crippen molar-refractivity contribution < 1.29 is 9.59 Å². The Balaban J connectivity index is 1.85. The van der Waals surface area contributed by atoms with Crippen molar-refractivity contribution in [2.24, 2.45) is 11.7 Å². The fourth-order valence-electron chi connectivity index (χ4n) is 2.82. The minimum atomic E-state index is -0.349. The topological polar surface area (TPSA) is 84.2 Å². The lowest BCUT2D eigenvalue weighted by Gasteiger charge is -2.24. The molecule has 1 saturated heterocycles. The Morgan fingerprint density at radius 2 is 2.12 bits per heavy atom. The van der Waals surface area contributed by atoms with Crippen molar-refractivity contribution in [1.29, 1.82) is 0 Å². The number of amides is 2. The second-order valence-corrected chi connectivity index (χ2v) is 5.05. The van der Waals surface area contributed by atoms with Gasteiger partial charge in [-0.15, -0.1) is 0 Å². The van der Waals surface area contributed by atoms with Crippen molar-refractivity contribution >= 4 is 11.8 Å². The molecule has 0 spiro atoms. The molecule has 2 fully saturated rings. The van der Waals surface area contributed by atoms with Crippen LogP contribution in [0.4, 0.5) is 0 Å². The summed E-state index contributed by atoms with van der Waals surface area (Å²) < 4.78 is 0. The van der Waals surface area contributed by atoms with Crippen LogP contribution in [-0.4, -0.2) is 30.4 Å². The summed E-state index contributed by atoms with van der Waals surface area (Å²) in [6.45, 7) is 0.483. The van der Waals surface area contributed by atoms with E-state index in [9.17, 15) is 9.59 Å². The third-order valence-corrected chi connectivity index (χ3v) is 3.86. The lowest BCUT2D eigenvalue weighted by atomic mass is 9.98. The summed E-state index contributed by atoms with van der Waals surface area (Å²) in [5.74, 6) is 0.412. The van der Waals surface area contributed by atoms with Crippen molar-refractivity contribution in [2.75, 3.05) is 6.54 Å². The van der Waals surface area contributed by atoms with E-state index in [1.54, 1.807) is 0 Å². The number of carbonyl (C=O) groups excluding carboxylic acids is 2. The van der Waals surface area contributed by atoms with Crippen LogP contribution in [0.1, 0.15) is 38.5 Å². The van der Waals surface area contributed by atoms with Crippen LogP contribution in [-0.2, 0) is 9.59 Å². The molecule has 1 heterocycles. The maximum Gasteiger partial charge on any atom is 0.242 e. The number of nitrogens with two attached hydrogens (primary N) is 1. The lowest BCUT2D eigenvalue weighted by molar-refractivity contribution is -0.126. The molecule has 96 valence electrons. The van der Waals surface area contributed by atoms with Crippen molar-refractivity contribution in [3.8, 4) is 0 Å². The molecular formula is C12H21N3O2. The molecule has 0 radical (unpaired) electrons. The van der Waals surface area contributed by atoms with E-state index in [1.807, 2.05) is 0 Å². The van der Waals surface area contributed by atoms with Crippen molar-refractivity contribution in [3.05, 3.63) is 0 Å². The Labute approximate surface area is 102 Å². The predicted octanol–water partition coefficient (Wildman–Crippen LogP) is -0.101. The summed E-state index contributed by atoms with van der Waals surface area (Å²) in [5, 5.41) is 5.67. The molecule has 2 atom stereocenters. The summed E-state index contributed by atoms with van der Waals surface area (Å²) in [5.41, 5.74) is 5.72. The lowest BCUT2D eigenvalue weighted by Crippen LogP contribution is -2.50. The van der Waals surface area contributed by atoms with E-state index in [4.69, 9.17) is 5.73 Å². The standard InChI is InChI=1S/C12H21N3O2/c13-7-10(8-3-1-2-4-8)15-12(17)9-5-6-11(16)14-9/h8-10H,1-7,13H2,(H,14,16)(H,15,17)/t9-,10?/m0/s1. The molecule has 0 aromatic rings. The van der Waals surface area contributed by atoms with Gasteiger partial charge < -0.3 is 16.4 Å². The van der Waals surface area contributed by atoms with Gasteiger partial charge in [0.15, 0.2) is 0 Å². The van der Waals surface area contributed by atoms with Crippen LogP contribution in [0.25, 0.3) is 0 Å². The average Bonchev–Trinajstić information content (AvgIpc) is 2.96.